The Hall–Kier alpha value is -4.37. The van der Waals surface area contributed by atoms with Gasteiger partial charge < -0.3 is 15.0 Å². The number of fused-ring (bicyclic) bond motifs is 1. The van der Waals surface area contributed by atoms with Gasteiger partial charge in [-0.15, -0.1) is 5.10 Å². The molecule has 0 radical (unpaired) electrons. The number of aromatic amines is 1. The minimum absolute atomic E-state index is 0.244. The predicted octanol–water partition coefficient (Wildman–Crippen LogP) is 3.35. The first-order chi connectivity index (χ1) is 16.2. The maximum absolute atomic E-state index is 11.8. The Balaban J connectivity index is 1.53. The summed E-state index contributed by atoms with van der Waals surface area (Å²) in [5.74, 6) is 0.428. The van der Waals surface area contributed by atoms with Gasteiger partial charge in [-0.25, -0.2) is 14.9 Å². The van der Waals surface area contributed by atoms with Crippen LogP contribution in [0, 0.1) is 0 Å². The molecule has 164 valence electrons. The quantitative estimate of drug-likeness (QED) is 0.355. The average molecular weight is 439 g/mol. The van der Waals surface area contributed by atoms with E-state index in [1.807, 2.05) is 66.2 Å². The molecule has 2 heterocycles. The number of tetrazole rings is 1. The lowest BCUT2D eigenvalue weighted by Crippen LogP contribution is -2.14. The summed E-state index contributed by atoms with van der Waals surface area (Å²) in [7, 11) is 1.85. The maximum atomic E-state index is 11.8. The van der Waals surface area contributed by atoms with E-state index in [-0.39, 0.29) is 5.56 Å². The van der Waals surface area contributed by atoms with Gasteiger partial charge in [0.05, 0.1) is 23.1 Å². The number of benzene rings is 3. The lowest BCUT2D eigenvalue weighted by molar-refractivity contribution is 0.0698. The first kappa shape index (κ1) is 20.5. The van der Waals surface area contributed by atoms with E-state index in [1.165, 1.54) is 0 Å². The highest BCUT2D eigenvalue weighted by atomic mass is 16.4. The van der Waals surface area contributed by atoms with Crippen molar-refractivity contribution < 1.29 is 9.90 Å². The largest absolute Gasteiger partial charge is 0.478 e. The Bertz CT molecular complexity index is 1420. The molecule has 0 aliphatic heterocycles. The topological polar surface area (TPSA) is 122 Å². The van der Waals surface area contributed by atoms with Crippen LogP contribution in [0.4, 0.5) is 0 Å². The van der Waals surface area contributed by atoms with Crippen LogP contribution in [-0.2, 0) is 13.1 Å². The van der Waals surface area contributed by atoms with E-state index in [9.17, 15) is 9.90 Å². The van der Waals surface area contributed by atoms with Crippen LogP contribution in [0.25, 0.3) is 33.5 Å². The van der Waals surface area contributed by atoms with Crippen LogP contribution in [0.15, 0.2) is 66.7 Å². The second-order valence-electron chi connectivity index (χ2n) is 7.62. The van der Waals surface area contributed by atoms with Crippen molar-refractivity contribution >= 4 is 17.0 Å². The Morgan fingerprint density at radius 3 is 2.52 bits per heavy atom. The monoisotopic (exact) mass is 439 g/mol. The molecule has 0 bridgehead atoms. The third kappa shape index (κ3) is 3.85. The summed E-state index contributed by atoms with van der Waals surface area (Å²) in [4.78, 5) is 16.5. The van der Waals surface area contributed by atoms with Gasteiger partial charge in [0.15, 0.2) is 5.82 Å². The molecule has 0 fully saturated rings. The fourth-order valence-corrected chi connectivity index (χ4v) is 4.06. The molecule has 5 aromatic rings. The zero-order chi connectivity index (χ0) is 22.8. The molecule has 3 aromatic carbocycles. The number of H-pyrrole nitrogens is 1. The zero-order valence-corrected chi connectivity index (χ0v) is 17.9. The predicted molar refractivity (Wildman–Crippen MR) is 124 cm³/mol. The molecule has 0 aliphatic rings. The van der Waals surface area contributed by atoms with Gasteiger partial charge in [0.2, 0.25) is 0 Å². The van der Waals surface area contributed by atoms with Crippen molar-refractivity contribution in [3.05, 3.63) is 83.7 Å². The van der Waals surface area contributed by atoms with Crippen LogP contribution in [0.3, 0.4) is 0 Å². The smallest absolute Gasteiger partial charge is 0.337 e. The summed E-state index contributed by atoms with van der Waals surface area (Å²) < 4.78 is 1.97. The van der Waals surface area contributed by atoms with Crippen molar-refractivity contribution in [1.82, 2.24) is 35.5 Å². The molecule has 9 heteroatoms. The van der Waals surface area contributed by atoms with Gasteiger partial charge in [-0.2, -0.15) is 0 Å². The normalized spacial score (nSPS) is 11.2. The van der Waals surface area contributed by atoms with Crippen LogP contribution in [0.2, 0.25) is 0 Å². The van der Waals surface area contributed by atoms with Gasteiger partial charge in [0.25, 0.3) is 0 Å². The standard InChI is InChI=1S/C24H21N7O2/c1-25-13-21-26-20-8-4-7-19(24(32)33)22(20)31(21)14-15-9-11-16(12-10-15)17-5-2-3-6-18(17)23-27-29-30-28-23/h2-12,25H,13-14H2,1H3,(H,32,33)(H,27,28,29,30). The van der Waals surface area contributed by atoms with Crippen LogP contribution in [0.5, 0.6) is 0 Å². The number of carbonyl (C=O) groups is 1. The molecule has 3 N–H and O–H groups in total. The molecule has 33 heavy (non-hydrogen) atoms. The molecule has 5 rings (SSSR count). The Morgan fingerprint density at radius 1 is 1.03 bits per heavy atom. The fourth-order valence-electron chi connectivity index (χ4n) is 4.06. The van der Waals surface area contributed by atoms with Crippen LogP contribution in [-0.4, -0.2) is 48.3 Å². The number of hydrogen-bond acceptors (Lipinski definition) is 6. The lowest BCUT2D eigenvalue weighted by atomic mass is 9.98. The van der Waals surface area contributed by atoms with Crippen molar-refractivity contribution in [2.45, 2.75) is 13.1 Å². The number of imidazole rings is 1. The Labute approximate surface area is 189 Å². The van der Waals surface area contributed by atoms with Crippen LogP contribution < -0.4 is 5.32 Å². The molecule has 0 saturated heterocycles. The molecule has 0 aliphatic carbocycles. The van der Waals surface area contributed by atoms with Crippen molar-refractivity contribution in [2.24, 2.45) is 0 Å². The Morgan fingerprint density at radius 2 is 1.82 bits per heavy atom. The second kappa shape index (κ2) is 8.64. The van der Waals surface area contributed by atoms with Gasteiger partial charge in [-0.3, -0.25) is 0 Å². The van der Waals surface area contributed by atoms with Crippen molar-refractivity contribution in [1.29, 1.82) is 0 Å². The van der Waals surface area contributed by atoms with Gasteiger partial charge in [0.1, 0.15) is 5.82 Å². The number of rotatable bonds is 7. The van der Waals surface area contributed by atoms with Crippen LogP contribution >= 0.6 is 0 Å². The van der Waals surface area contributed by atoms with Gasteiger partial charge in [0, 0.05) is 12.1 Å². The second-order valence-corrected chi connectivity index (χ2v) is 7.62. The molecular weight excluding hydrogens is 418 g/mol. The molecule has 2 aromatic heterocycles. The summed E-state index contributed by atoms with van der Waals surface area (Å²) in [5.41, 5.74) is 5.54. The summed E-state index contributed by atoms with van der Waals surface area (Å²) in [6.07, 6.45) is 0. The number of nitrogens with zero attached hydrogens (tertiary/aromatic N) is 5. The Kier molecular flexibility index (Phi) is 5.37. The van der Waals surface area contributed by atoms with E-state index in [1.54, 1.807) is 12.1 Å². The highest BCUT2D eigenvalue weighted by Gasteiger charge is 2.18. The number of nitrogens with one attached hydrogen (secondary N) is 2. The number of para-hydroxylation sites is 1. The third-order valence-corrected chi connectivity index (χ3v) is 5.54. The van der Waals surface area contributed by atoms with Gasteiger partial charge in [-0.1, -0.05) is 54.6 Å². The number of hydrogen-bond donors (Lipinski definition) is 3. The molecular formula is C24H21N7O2. The lowest BCUT2D eigenvalue weighted by Gasteiger charge is -2.12. The van der Waals surface area contributed by atoms with Gasteiger partial charge >= 0.3 is 5.97 Å². The third-order valence-electron chi connectivity index (χ3n) is 5.54. The number of carboxylic acid groups (broad SMARTS) is 1. The van der Waals surface area contributed by atoms with E-state index in [4.69, 9.17) is 0 Å². The fraction of sp³-hybridized carbons (Fsp3) is 0.125. The SMILES string of the molecule is CNCc1nc2cccc(C(=O)O)c2n1Cc1ccc(-c2ccccc2-c2nnn[nH]2)cc1. The van der Waals surface area contributed by atoms with E-state index in [2.05, 4.69) is 30.9 Å². The zero-order valence-electron chi connectivity index (χ0n) is 17.9. The number of aromatic nitrogens is 6. The minimum Gasteiger partial charge on any atom is -0.478 e. The summed E-state index contributed by atoms with van der Waals surface area (Å²) in [6, 6.07) is 21.3. The first-order valence-electron chi connectivity index (χ1n) is 10.4. The average Bonchev–Trinajstić information content (AvgIpc) is 3.49. The van der Waals surface area contributed by atoms with E-state index >= 15 is 0 Å². The minimum atomic E-state index is -0.966. The molecule has 0 unspecified atom stereocenters. The summed E-state index contributed by atoms with van der Waals surface area (Å²) in [6.45, 7) is 1.04. The summed E-state index contributed by atoms with van der Waals surface area (Å²) in [5, 5.41) is 27.0. The molecule has 0 spiro atoms. The molecule has 9 nitrogen and oxygen atoms in total. The van der Waals surface area contributed by atoms with Crippen molar-refractivity contribution in [3.63, 3.8) is 0 Å². The highest BCUT2D eigenvalue weighted by molar-refractivity contribution is 6.01. The summed E-state index contributed by atoms with van der Waals surface area (Å²) >= 11 is 0. The van der Waals surface area contributed by atoms with E-state index in [0.29, 0.717) is 29.9 Å². The van der Waals surface area contributed by atoms with Crippen molar-refractivity contribution in [3.8, 4) is 22.5 Å². The molecule has 0 amide bonds. The first-order valence-corrected chi connectivity index (χ1v) is 10.4. The number of carboxylic acids is 1. The molecule has 0 atom stereocenters. The van der Waals surface area contributed by atoms with Crippen LogP contribution in [0.1, 0.15) is 21.7 Å². The number of aromatic carboxylic acids is 1. The maximum Gasteiger partial charge on any atom is 0.337 e. The molecule has 0 saturated carbocycles. The van der Waals surface area contributed by atoms with E-state index < -0.39 is 5.97 Å². The van der Waals surface area contributed by atoms with E-state index in [0.717, 1.165) is 28.1 Å². The highest BCUT2D eigenvalue weighted by Crippen LogP contribution is 2.30. The van der Waals surface area contributed by atoms with Gasteiger partial charge in [-0.05, 0) is 46.3 Å². The van der Waals surface area contributed by atoms with Crippen molar-refractivity contribution in [2.75, 3.05) is 7.05 Å².